The van der Waals surface area contributed by atoms with Crippen LogP contribution in [0.25, 0.3) is 10.9 Å². The number of aromatic nitrogens is 1. The molecule has 0 unspecified atom stereocenters. The third-order valence-electron chi connectivity index (χ3n) is 2.33. The van der Waals surface area contributed by atoms with Gasteiger partial charge in [-0.05, 0) is 31.2 Å². The van der Waals surface area contributed by atoms with Crippen molar-refractivity contribution in [3.05, 3.63) is 35.5 Å². The van der Waals surface area contributed by atoms with Crippen molar-refractivity contribution in [2.75, 3.05) is 7.05 Å². The van der Waals surface area contributed by atoms with Gasteiger partial charge >= 0.3 is 0 Å². The van der Waals surface area contributed by atoms with E-state index in [0.717, 1.165) is 6.54 Å². The first kappa shape index (κ1) is 8.32. The van der Waals surface area contributed by atoms with Crippen LogP contribution in [-0.4, -0.2) is 12.0 Å². The molecule has 0 fully saturated rings. The molecule has 68 valence electrons. The minimum atomic E-state index is 0.925. The molecular weight excluding hydrogens is 160 g/mol. The normalized spacial score (nSPS) is 10.9. The average Bonchev–Trinajstić information content (AvgIpc) is 2.48. The summed E-state index contributed by atoms with van der Waals surface area (Å²) in [7, 11) is 1.96. The summed E-state index contributed by atoms with van der Waals surface area (Å²) in [6.07, 6.45) is 2.05. The molecule has 1 heterocycles. The van der Waals surface area contributed by atoms with Gasteiger partial charge in [-0.25, -0.2) is 0 Å². The molecule has 2 N–H and O–H groups in total. The highest BCUT2D eigenvalue weighted by Crippen LogP contribution is 2.18. The summed E-state index contributed by atoms with van der Waals surface area (Å²) in [5, 5.41) is 4.46. The van der Waals surface area contributed by atoms with Gasteiger partial charge in [0.05, 0.1) is 0 Å². The van der Waals surface area contributed by atoms with E-state index < -0.39 is 0 Å². The molecular formula is C11H14N2. The fourth-order valence-electron chi connectivity index (χ4n) is 1.63. The summed E-state index contributed by atoms with van der Waals surface area (Å²) in [5.41, 5.74) is 3.85. The van der Waals surface area contributed by atoms with Crippen molar-refractivity contribution in [2.45, 2.75) is 13.5 Å². The number of fused-ring (bicyclic) bond motifs is 1. The Morgan fingerprint density at radius 1 is 1.38 bits per heavy atom. The molecule has 2 nitrogen and oxygen atoms in total. The molecule has 1 aromatic heterocycles. The summed E-state index contributed by atoms with van der Waals surface area (Å²) in [5.74, 6) is 0. The number of benzene rings is 1. The van der Waals surface area contributed by atoms with E-state index in [1.165, 1.54) is 22.0 Å². The highest BCUT2D eigenvalue weighted by molar-refractivity contribution is 5.83. The zero-order valence-electron chi connectivity index (χ0n) is 8.02. The second-order valence-corrected chi connectivity index (χ2v) is 3.38. The van der Waals surface area contributed by atoms with Crippen molar-refractivity contribution in [3.8, 4) is 0 Å². The molecule has 0 saturated carbocycles. The minimum absolute atomic E-state index is 0.925. The summed E-state index contributed by atoms with van der Waals surface area (Å²) in [6, 6.07) is 6.53. The topological polar surface area (TPSA) is 27.8 Å². The van der Waals surface area contributed by atoms with E-state index in [1.807, 2.05) is 13.2 Å². The first-order valence-corrected chi connectivity index (χ1v) is 4.52. The van der Waals surface area contributed by atoms with Crippen LogP contribution < -0.4 is 5.32 Å². The zero-order valence-corrected chi connectivity index (χ0v) is 8.02. The largest absolute Gasteiger partial charge is 0.361 e. The maximum absolute atomic E-state index is 3.26. The smallest absolute Gasteiger partial charge is 0.0459 e. The Hall–Kier alpha value is -1.28. The van der Waals surface area contributed by atoms with Crippen molar-refractivity contribution in [1.82, 2.24) is 10.3 Å². The lowest BCUT2D eigenvalue weighted by Gasteiger charge is -1.99. The van der Waals surface area contributed by atoms with Crippen LogP contribution in [-0.2, 0) is 6.54 Å². The Morgan fingerprint density at radius 2 is 2.23 bits per heavy atom. The van der Waals surface area contributed by atoms with Gasteiger partial charge < -0.3 is 10.3 Å². The lowest BCUT2D eigenvalue weighted by Crippen LogP contribution is -2.04. The van der Waals surface area contributed by atoms with Gasteiger partial charge in [-0.2, -0.15) is 0 Å². The van der Waals surface area contributed by atoms with Crippen LogP contribution in [0, 0.1) is 6.92 Å². The molecule has 0 amide bonds. The number of aromatic amines is 1. The number of nitrogens with one attached hydrogen (secondary N) is 2. The monoisotopic (exact) mass is 174 g/mol. The Labute approximate surface area is 78.0 Å². The van der Waals surface area contributed by atoms with E-state index in [1.54, 1.807) is 0 Å². The Bertz CT molecular complexity index is 415. The standard InChI is InChI=1S/C11H14N2/c1-8-6-13-11-5-9(7-12-2)3-4-10(8)11/h3-6,12-13H,7H2,1-2H3. The summed E-state index contributed by atoms with van der Waals surface area (Å²) in [4.78, 5) is 3.26. The second kappa shape index (κ2) is 3.23. The maximum atomic E-state index is 3.26. The lowest BCUT2D eigenvalue weighted by atomic mass is 10.1. The van der Waals surface area contributed by atoms with Crippen LogP contribution in [0.4, 0.5) is 0 Å². The van der Waals surface area contributed by atoms with Crippen LogP contribution >= 0.6 is 0 Å². The van der Waals surface area contributed by atoms with Crippen LogP contribution in [0.1, 0.15) is 11.1 Å². The van der Waals surface area contributed by atoms with Crippen molar-refractivity contribution >= 4 is 10.9 Å². The van der Waals surface area contributed by atoms with Crippen molar-refractivity contribution in [2.24, 2.45) is 0 Å². The predicted octanol–water partition coefficient (Wildman–Crippen LogP) is 2.20. The van der Waals surface area contributed by atoms with Crippen LogP contribution in [0.15, 0.2) is 24.4 Å². The van der Waals surface area contributed by atoms with E-state index >= 15 is 0 Å². The van der Waals surface area contributed by atoms with Gasteiger partial charge in [-0.1, -0.05) is 12.1 Å². The first-order chi connectivity index (χ1) is 6.31. The third-order valence-corrected chi connectivity index (χ3v) is 2.33. The van der Waals surface area contributed by atoms with E-state index in [-0.39, 0.29) is 0 Å². The highest BCUT2D eigenvalue weighted by atomic mass is 14.8. The highest BCUT2D eigenvalue weighted by Gasteiger charge is 1.99. The number of hydrogen-bond donors (Lipinski definition) is 2. The van der Waals surface area contributed by atoms with Gasteiger partial charge in [0.1, 0.15) is 0 Å². The van der Waals surface area contributed by atoms with E-state index in [0.29, 0.717) is 0 Å². The molecule has 0 aliphatic heterocycles. The third kappa shape index (κ3) is 1.45. The van der Waals surface area contributed by atoms with Gasteiger partial charge in [0.15, 0.2) is 0 Å². The van der Waals surface area contributed by atoms with Gasteiger partial charge in [-0.3, -0.25) is 0 Å². The van der Waals surface area contributed by atoms with Crippen molar-refractivity contribution in [3.63, 3.8) is 0 Å². The van der Waals surface area contributed by atoms with E-state index in [9.17, 15) is 0 Å². The molecule has 2 heteroatoms. The van der Waals surface area contributed by atoms with Crippen molar-refractivity contribution < 1.29 is 0 Å². The van der Waals surface area contributed by atoms with Gasteiger partial charge in [-0.15, -0.1) is 0 Å². The molecule has 0 radical (unpaired) electrons. The first-order valence-electron chi connectivity index (χ1n) is 4.52. The molecule has 2 rings (SSSR count). The Morgan fingerprint density at radius 3 is 3.00 bits per heavy atom. The minimum Gasteiger partial charge on any atom is -0.361 e. The van der Waals surface area contributed by atoms with E-state index in [4.69, 9.17) is 0 Å². The molecule has 2 aromatic rings. The van der Waals surface area contributed by atoms with Crippen LogP contribution in [0.5, 0.6) is 0 Å². The molecule has 13 heavy (non-hydrogen) atoms. The average molecular weight is 174 g/mol. The molecule has 0 bridgehead atoms. The quantitative estimate of drug-likeness (QED) is 0.717. The fraction of sp³-hybridized carbons (Fsp3) is 0.273. The molecule has 0 saturated heterocycles. The van der Waals surface area contributed by atoms with Gasteiger partial charge in [0.2, 0.25) is 0 Å². The van der Waals surface area contributed by atoms with Gasteiger partial charge in [0.25, 0.3) is 0 Å². The van der Waals surface area contributed by atoms with Crippen LogP contribution in [0.2, 0.25) is 0 Å². The molecule has 0 atom stereocenters. The number of aryl methyl sites for hydroxylation is 1. The number of H-pyrrole nitrogens is 1. The number of rotatable bonds is 2. The Balaban J connectivity index is 2.50. The fourth-order valence-corrected chi connectivity index (χ4v) is 1.63. The van der Waals surface area contributed by atoms with Gasteiger partial charge in [0, 0.05) is 23.6 Å². The zero-order chi connectivity index (χ0) is 9.26. The molecule has 0 aliphatic rings. The summed E-state index contributed by atoms with van der Waals surface area (Å²) >= 11 is 0. The summed E-state index contributed by atoms with van der Waals surface area (Å²) < 4.78 is 0. The summed E-state index contributed by atoms with van der Waals surface area (Å²) in [6.45, 7) is 3.05. The molecule has 0 spiro atoms. The van der Waals surface area contributed by atoms with Crippen molar-refractivity contribution in [1.29, 1.82) is 0 Å². The molecule has 1 aromatic carbocycles. The second-order valence-electron chi connectivity index (χ2n) is 3.38. The lowest BCUT2D eigenvalue weighted by molar-refractivity contribution is 0.819. The Kier molecular flexibility index (Phi) is 2.07. The molecule has 0 aliphatic carbocycles. The van der Waals surface area contributed by atoms with Crippen LogP contribution in [0.3, 0.4) is 0 Å². The maximum Gasteiger partial charge on any atom is 0.0459 e. The SMILES string of the molecule is CNCc1ccc2c(C)c[nH]c2c1. The van der Waals surface area contributed by atoms with E-state index in [2.05, 4.69) is 35.4 Å². The number of hydrogen-bond acceptors (Lipinski definition) is 1. The predicted molar refractivity (Wildman–Crippen MR) is 55.8 cm³/mol.